The number of aromatic nitrogens is 2. The Morgan fingerprint density at radius 1 is 1.00 bits per heavy atom. The monoisotopic (exact) mass is 314 g/mol. The van der Waals surface area contributed by atoms with Crippen LogP contribution in [0, 0.1) is 0 Å². The molecular weight excluding hydrogens is 300 g/mol. The predicted octanol–water partition coefficient (Wildman–Crippen LogP) is 0.769. The number of fused-ring (bicyclic) bond motifs is 1. The SMILES string of the molecule is Cn1c(COc2ccc3ccc(=O)oc3c2)cc(=O)n(C)c1=O. The molecule has 0 aliphatic heterocycles. The van der Waals surface area contributed by atoms with Crippen molar-refractivity contribution >= 4 is 11.0 Å². The van der Waals surface area contributed by atoms with E-state index in [1.165, 1.54) is 23.7 Å². The second kappa shape index (κ2) is 5.60. The third-order valence-corrected chi connectivity index (χ3v) is 3.61. The van der Waals surface area contributed by atoms with Gasteiger partial charge in [0.1, 0.15) is 17.9 Å². The topological polar surface area (TPSA) is 83.4 Å². The largest absolute Gasteiger partial charge is 0.487 e. The summed E-state index contributed by atoms with van der Waals surface area (Å²) < 4.78 is 13.1. The molecule has 23 heavy (non-hydrogen) atoms. The van der Waals surface area contributed by atoms with Crippen molar-refractivity contribution in [2.24, 2.45) is 14.1 Å². The van der Waals surface area contributed by atoms with Crippen molar-refractivity contribution in [3.63, 3.8) is 0 Å². The summed E-state index contributed by atoms with van der Waals surface area (Å²) in [6, 6.07) is 9.44. The Bertz CT molecular complexity index is 1060. The number of benzene rings is 1. The average molecular weight is 314 g/mol. The molecule has 0 saturated heterocycles. The molecular formula is C16H14N2O5. The van der Waals surface area contributed by atoms with Crippen molar-refractivity contribution in [2.75, 3.05) is 0 Å². The van der Waals surface area contributed by atoms with Gasteiger partial charge < -0.3 is 9.15 Å². The van der Waals surface area contributed by atoms with E-state index in [1.54, 1.807) is 31.3 Å². The number of hydrogen-bond donors (Lipinski definition) is 0. The van der Waals surface area contributed by atoms with Gasteiger partial charge in [-0.2, -0.15) is 0 Å². The summed E-state index contributed by atoms with van der Waals surface area (Å²) in [5, 5.41) is 0.776. The predicted molar refractivity (Wildman–Crippen MR) is 83.7 cm³/mol. The van der Waals surface area contributed by atoms with Gasteiger partial charge in [-0.15, -0.1) is 0 Å². The van der Waals surface area contributed by atoms with Crippen LogP contribution >= 0.6 is 0 Å². The molecule has 118 valence electrons. The van der Waals surface area contributed by atoms with Crippen LogP contribution in [-0.4, -0.2) is 9.13 Å². The molecule has 0 fully saturated rings. The lowest BCUT2D eigenvalue weighted by Crippen LogP contribution is -2.38. The highest BCUT2D eigenvalue weighted by atomic mass is 16.5. The fourth-order valence-corrected chi connectivity index (χ4v) is 2.20. The molecule has 0 aliphatic rings. The molecule has 0 saturated carbocycles. The van der Waals surface area contributed by atoms with E-state index in [0.29, 0.717) is 17.0 Å². The summed E-state index contributed by atoms with van der Waals surface area (Å²) in [5.41, 5.74) is -0.388. The van der Waals surface area contributed by atoms with Crippen LogP contribution in [0.3, 0.4) is 0 Å². The molecule has 0 N–H and O–H groups in total. The van der Waals surface area contributed by atoms with Gasteiger partial charge in [-0.1, -0.05) is 0 Å². The van der Waals surface area contributed by atoms with Gasteiger partial charge >= 0.3 is 11.3 Å². The van der Waals surface area contributed by atoms with Crippen LogP contribution in [0.5, 0.6) is 5.75 Å². The van der Waals surface area contributed by atoms with Crippen molar-refractivity contribution in [3.8, 4) is 5.75 Å². The molecule has 0 unspecified atom stereocenters. The molecule has 0 radical (unpaired) electrons. The van der Waals surface area contributed by atoms with E-state index >= 15 is 0 Å². The summed E-state index contributed by atoms with van der Waals surface area (Å²) in [5.74, 6) is 0.472. The maximum absolute atomic E-state index is 11.9. The van der Waals surface area contributed by atoms with Crippen molar-refractivity contribution in [3.05, 3.63) is 73.4 Å². The van der Waals surface area contributed by atoms with E-state index in [9.17, 15) is 14.4 Å². The molecule has 3 aromatic rings. The first kappa shape index (κ1) is 14.8. The Morgan fingerprint density at radius 3 is 2.52 bits per heavy atom. The smallest absolute Gasteiger partial charge is 0.336 e. The van der Waals surface area contributed by atoms with Gasteiger partial charge in [-0.3, -0.25) is 13.9 Å². The first-order chi connectivity index (χ1) is 11.0. The van der Waals surface area contributed by atoms with E-state index in [2.05, 4.69) is 0 Å². The van der Waals surface area contributed by atoms with Crippen LogP contribution in [0.15, 0.2) is 55.2 Å². The Labute approximate surface area is 130 Å². The molecule has 7 heteroatoms. The normalized spacial score (nSPS) is 10.9. The zero-order chi connectivity index (χ0) is 16.6. The zero-order valence-corrected chi connectivity index (χ0v) is 12.6. The first-order valence-corrected chi connectivity index (χ1v) is 6.88. The van der Waals surface area contributed by atoms with E-state index in [0.717, 1.165) is 9.95 Å². The molecule has 3 rings (SSSR count). The lowest BCUT2D eigenvalue weighted by molar-refractivity contribution is 0.293. The fourth-order valence-electron chi connectivity index (χ4n) is 2.20. The molecule has 0 amide bonds. The maximum Gasteiger partial charge on any atom is 0.336 e. The van der Waals surface area contributed by atoms with Crippen molar-refractivity contribution in [1.82, 2.24) is 9.13 Å². The lowest BCUT2D eigenvalue weighted by Gasteiger charge is -2.11. The minimum Gasteiger partial charge on any atom is -0.487 e. The molecule has 0 atom stereocenters. The number of ether oxygens (including phenoxy) is 1. The van der Waals surface area contributed by atoms with E-state index in [1.807, 2.05) is 0 Å². The Balaban J connectivity index is 1.91. The van der Waals surface area contributed by atoms with Gasteiger partial charge in [0.15, 0.2) is 0 Å². The van der Waals surface area contributed by atoms with Crippen LogP contribution in [0.1, 0.15) is 5.69 Å². The second-order valence-electron chi connectivity index (χ2n) is 5.12. The van der Waals surface area contributed by atoms with Crippen LogP contribution in [-0.2, 0) is 20.7 Å². The quantitative estimate of drug-likeness (QED) is 0.667. The van der Waals surface area contributed by atoms with Gasteiger partial charge in [0.25, 0.3) is 5.56 Å². The highest BCUT2D eigenvalue weighted by Crippen LogP contribution is 2.20. The maximum atomic E-state index is 11.9. The Hall–Kier alpha value is -3.09. The minimum absolute atomic E-state index is 0.0460. The molecule has 0 spiro atoms. The number of nitrogens with zero attached hydrogens (tertiary/aromatic N) is 2. The van der Waals surface area contributed by atoms with Crippen molar-refractivity contribution < 1.29 is 9.15 Å². The Kier molecular flexibility index (Phi) is 3.61. The van der Waals surface area contributed by atoms with Gasteiger partial charge in [0.2, 0.25) is 0 Å². The minimum atomic E-state index is -0.441. The Morgan fingerprint density at radius 2 is 1.74 bits per heavy atom. The summed E-state index contributed by atoms with van der Waals surface area (Å²) >= 11 is 0. The molecule has 0 aliphatic carbocycles. The standard InChI is InChI=1S/C16H14N2O5/c1-17-11(7-14(19)18(2)16(17)21)9-22-12-5-3-10-4-6-15(20)23-13(10)8-12/h3-8H,9H2,1-2H3. The van der Waals surface area contributed by atoms with E-state index in [-0.39, 0.29) is 6.61 Å². The fraction of sp³-hybridized carbons (Fsp3) is 0.188. The third-order valence-electron chi connectivity index (χ3n) is 3.61. The summed E-state index contributed by atoms with van der Waals surface area (Å²) in [4.78, 5) is 34.8. The van der Waals surface area contributed by atoms with Gasteiger partial charge in [-0.25, -0.2) is 9.59 Å². The van der Waals surface area contributed by atoms with Gasteiger partial charge in [-0.05, 0) is 18.2 Å². The lowest BCUT2D eigenvalue weighted by atomic mass is 10.2. The zero-order valence-electron chi connectivity index (χ0n) is 12.6. The van der Waals surface area contributed by atoms with Gasteiger partial charge in [0.05, 0.1) is 5.69 Å². The summed E-state index contributed by atoms with van der Waals surface area (Å²) in [6.45, 7) is 0.0460. The van der Waals surface area contributed by atoms with E-state index in [4.69, 9.17) is 9.15 Å². The van der Waals surface area contributed by atoms with Gasteiger partial charge in [0, 0.05) is 37.7 Å². The molecule has 0 bridgehead atoms. The third kappa shape index (κ3) is 2.80. The highest BCUT2D eigenvalue weighted by molar-refractivity contribution is 5.77. The first-order valence-electron chi connectivity index (χ1n) is 6.88. The van der Waals surface area contributed by atoms with Crippen molar-refractivity contribution in [1.29, 1.82) is 0 Å². The van der Waals surface area contributed by atoms with Crippen LogP contribution in [0.2, 0.25) is 0 Å². The molecule has 2 aromatic heterocycles. The highest BCUT2D eigenvalue weighted by Gasteiger charge is 2.07. The van der Waals surface area contributed by atoms with Crippen molar-refractivity contribution in [2.45, 2.75) is 6.61 Å². The number of hydrogen-bond acceptors (Lipinski definition) is 5. The average Bonchev–Trinajstić information content (AvgIpc) is 2.54. The van der Waals surface area contributed by atoms with E-state index < -0.39 is 16.9 Å². The second-order valence-corrected chi connectivity index (χ2v) is 5.12. The molecule has 2 heterocycles. The summed E-state index contributed by atoms with van der Waals surface area (Å²) in [7, 11) is 2.99. The van der Waals surface area contributed by atoms with Crippen LogP contribution < -0.4 is 21.6 Å². The van der Waals surface area contributed by atoms with Crippen LogP contribution in [0.4, 0.5) is 0 Å². The molecule has 7 nitrogen and oxygen atoms in total. The molecule has 1 aromatic carbocycles. The number of rotatable bonds is 3. The van der Waals surface area contributed by atoms with Crippen LogP contribution in [0.25, 0.3) is 11.0 Å². The summed E-state index contributed by atoms with van der Waals surface area (Å²) in [6.07, 6.45) is 0.